The van der Waals surface area contributed by atoms with Crippen LogP contribution in [-0.2, 0) is 10.3 Å². The maximum atomic E-state index is 12.8. The van der Waals surface area contributed by atoms with E-state index in [1.54, 1.807) is 45.2 Å². The van der Waals surface area contributed by atoms with Gasteiger partial charge in [0.1, 0.15) is 16.9 Å². The number of aryl methyl sites for hydroxylation is 1. The lowest BCUT2D eigenvalue weighted by Crippen LogP contribution is -2.47. The maximum absolute atomic E-state index is 12.8. The van der Waals surface area contributed by atoms with Gasteiger partial charge in [-0.25, -0.2) is 4.99 Å². The molecule has 9 heteroatoms. The van der Waals surface area contributed by atoms with E-state index in [1.807, 2.05) is 0 Å². The lowest BCUT2D eigenvalue weighted by molar-refractivity contribution is -0.128. The summed E-state index contributed by atoms with van der Waals surface area (Å²) in [7, 11) is 1.57. The molecule has 0 fully saturated rings. The number of hydrogen-bond acceptors (Lipinski definition) is 7. The number of phenolic OH excluding ortho intramolecular Hbond substituents is 1. The minimum atomic E-state index is -0.929. The van der Waals surface area contributed by atoms with Gasteiger partial charge in [0, 0.05) is 29.9 Å². The fourth-order valence-electron chi connectivity index (χ4n) is 3.47. The van der Waals surface area contributed by atoms with Gasteiger partial charge in [0.05, 0.1) is 12.1 Å². The van der Waals surface area contributed by atoms with Gasteiger partial charge in [-0.1, -0.05) is 0 Å². The summed E-state index contributed by atoms with van der Waals surface area (Å²) in [5.41, 5.74) is 7.06. The second-order valence-electron chi connectivity index (χ2n) is 7.49. The average molecular weight is 407 g/mol. The van der Waals surface area contributed by atoms with Crippen LogP contribution in [-0.4, -0.2) is 39.8 Å². The number of aromatic hydroxyl groups is 1. The summed E-state index contributed by atoms with van der Waals surface area (Å²) < 4.78 is 5.67. The summed E-state index contributed by atoms with van der Waals surface area (Å²) in [5.74, 6) is -0.240. The zero-order chi connectivity index (χ0) is 21.6. The molecule has 0 radical (unpaired) electrons. The van der Waals surface area contributed by atoms with Crippen LogP contribution in [0.4, 0.5) is 5.69 Å². The van der Waals surface area contributed by atoms with Crippen molar-refractivity contribution in [3.05, 3.63) is 53.5 Å². The monoisotopic (exact) mass is 407 g/mol. The third kappa shape index (κ3) is 3.24. The van der Waals surface area contributed by atoms with Crippen LogP contribution >= 0.6 is 0 Å². The molecule has 0 bridgehead atoms. The number of nitrogens with two attached hydrogens (primary N) is 1. The van der Waals surface area contributed by atoms with Gasteiger partial charge < -0.3 is 20.6 Å². The Hall–Kier alpha value is -3.88. The van der Waals surface area contributed by atoms with Crippen LogP contribution in [0.2, 0.25) is 0 Å². The van der Waals surface area contributed by atoms with Gasteiger partial charge in [-0.15, -0.1) is 0 Å². The average Bonchev–Trinajstić information content (AvgIpc) is 3.02. The number of guanidine groups is 1. The minimum Gasteiger partial charge on any atom is -0.508 e. The van der Waals surface area contributed by atoms with Gasteiger partial charge in [-0.3, -0.25) is 19.5 Å². The summed E-state index contributed by atoms with van der Waals surface area (Å²) in [6, 6.07) is 7.96. The fourth-order valence-corrected chi connectivity index (χ4v) is 3.47. The molecule has 0 aliphatic carbocycles. The third-order valence-corrected chi connectivity index (χ3v) is 5.27. The van der Waals surface area contributed by atoms with Crippen LogP contribution in [0, 0.1) is 6.92 Å². The number of rotatable bonds is 3. The number of pyridine rings is 1. The molecule has 4 N–H and O–H groups in total. The summed E-state index contributed by atoms with van der Waals surface area (Å²) in [5, 5.41) is 13.1. The molecule has 1 aromatic carbocycles. The molecule has 3 heterocycles. The number of phenols is 1. The SMILES string of the molecule is Cc1c(C(=O)Nc2ccnc(C3(C)CC(=O)N(C)C(N)=N3)c2)oc2ccc(O)cc12. The molecular formula is C21H21N5O4. The Bertz CT molecular complexity index is 1220. The zero-order valence-corrected chi connectivity index (χ0v) is 16.8. The predicted molar refractivity (Wildman–Crippen MR) is 111 cm³/mol. The summed E-state index contributed by atoms with van der Waals surface area (Å²) in [6.45, 7) is 3.52. The first-order valence-corrected chi connectivity index (χ1v) is 9.30. The number of furan rings is 1. The smallest absolute Gasteiger partial charge is 0.291 e. The Morgan fingerprint density at radius 2 is 2.10 bits per heavy atom. The highest BCUT2D eigenvalue weighted by Crippen LogP contribution is 2.33. The van der Waals surface area contributed by atoms with Crippen LogP contribution in [0.25, 0.3) is 11.0 Å². The van der Waals surface area contributed by atoms with Crippen molar-refractivity contribution in [1.82, 2.24) is 9.88 Å². The molecular weight excluding hydrogens is 386 g/mol. The van der Waals surface area contributed by atoms with E-state index in [4.69, 9.17) is 10.2 Å². The van der Waals surface area contributed by atoms with Crippen molar-refractivity contribution in [3.63, 3.8) is 0 Å². The molecule has 30 heavy (non-hydrogen) atoms. The second-order valence-corrected chi connectivity index (χ2v) is 7.49. The van der Waals surface area contributed by atoms with Gasteiger partial charge in [0.2, 0.25) is 5.91 Å². The maximum Gasteiger partial charge on any atom is 0.291 e. The Morgan fingerprint density at radius 1 is 1.33 bits per heavy atom. The second kappa shape index (κ2) is 6.87. The van der Waals surface area contributed by atoms with Crippen LogP contribution in [0.1, 0.15) is 35.2 Å². The van der Waals surface area contributed by atoms with Crippen molar-refractivity contribution < 1.29 is 19.1 Å². The molecule has 0 spiro atoms. The molecule has 1 aliphatic rings. The van der Waals surface area contributed by atoms with Crippen molar-refractivity contribution in [3.8, 4) is 5.75 Å². The van der Waals surface area contributed by atoms with Crippen LogP contribution in [0.15, 0.2) is 45.9 Å². The number of benzene rings is 1. The first-order chi connectivity index (χ1) is 14.2. The standard InChI is InChI=1S/C21H21N5O4/c1-11-14-9-13(27)4-5-15(14)30-18(11)19(29)24-12-6-7-23-16(8-12)21(2)10-17(28)26(3)20(22)25-21/h4-9,27H,10H2,1-3H3,(H2,22,25)(H,23,24,29). The van der Waals surface area contributed by atoms with E-state index in [1.165, 1.54) is 17.2 Å². The van der Waals surface area contributed by atoms with Crippen molar-refractivity contribution in [2.75, 3.05) is 12.4 Å². The topological polar surface area (TPSA) is 134 Å². The molecule has 2 aromatic heterocycles. The van der Waals surface area contributed by atoms with Gasteiger partial charge in [0.25, 0.3) is 5.91 Å². The van der Waals surface area contributed by atoms with Crippen LogP contribution in [0.3, 0.4) is 0 Å². The molecule has 4 rings (SSSR count). The molecule has 3 aromatic rings. The quantitative estimate of drug-likeness (QED) is 0.611. The molecule has 1 atom stereocenters. The Morgan fingerprint density at radius 3 is 2.83 bits per heavy atom. The van der Waals surface area contributed by atoms with Gasteiger partial charge in [-0.05, 0) is 44.2 Å². The number of carbonyl (C=O) groups excluding carboxylic acids is 2. The normalized spacial score (nSPS) is 19.1. The summed E-state index contributed by atoms with van der Waals surface area (Å²) in [4.78, 5) is 35.1. The highest BCUT2D eigenvalue weighted by molar-refractivity contribution is 6.06. The van der Waals surface area contributed by atoms with E-state index in [2.05, 4.69) is 15.3 Å². The molecule has 154 valence electrons. The minimum absolute atomic E-state index is 0.0953. The van der Waals surface area contributed by atoms with E-state index >= 15 is 0 Å². The summed E-state index contributed by atoms with van der Waals surface area (Å²) >= 11 is 0. The number of carbonyl (C=O) groups is 2. The number of nitrogens with zero attached hydrogens (tertiary/aromatic N) is 3. The highest BCUT2D eigenvalue weighted by Gasteiger charge is 2.37. The van der Waals surface area contributed by atoms with Crippen molar-refractivity contribution >= 4 is 34.4 Å². The number of fused-ring (bicyclic) bond motifs is 1. The highest BCUT2D eigenvalue weighted by atomic mass is 16.3. The number of hydrogen-bond donors (Lipinski definition) is 3. The number of amides is 2. The zero-order valence-electron chi connectivity index (χ0n) is 16.8. The van der Waals surface area contributed by atoms with Crippen LogP contribution in [0.5, 0.6) is 5.75 Å². The number of aliphatic imine (C=N–C) groups is 1. The lowest BCUT2D eigenvalue weighted by Gasteiger charge is -2.32. The molecule has 0 saturated heterocycles. The third-order valence-electron chi connectivity index (χ3n) is 5.27. The Kier molecular flexibility index (Phi) is 4.45. The van der Waals surface area contributed by atoms with E-state index in [-0.39, 0.29) is 29.8 Å². The van der Waals surface area contributed by atoms with E-state index in [0.29, 0.717) is 27.9 Å². The fraction of sp³-hybridized carbons (Fsp3) is 0.238. The number of anilines is 1. The van der Waals surface area contributed by atoms with Crippen LogP contribution < -0.4 is 11.1 Å². The number of nitrogens with one attached hydrogen (secondary N) is 1. The number of aromatic nitrogens is 1. The lowest BCUT2D eigenvalue weighted by atomic mass is 9.91. The van der Waals surface area contributed by atoms with Crippen molar-refractivity contribution in [1.29, 1.82) is 0 Å². The first kappa shape index (κ1) is 19.4. The molecule has 2 amide bonds. The first-order valence-electron chi connectivity index (χ1n) is 9.30. The Balaban J connectivity index is 1.63. The predicted octanol–water partition coefficient (Wildman–Crippen LogP) is 2.49. The Labute approximate surface area is 172 Å². The summed E-state index contributed by atoms with van der Waals surface area (Å²) in [6.07, 6.45) is 1.65. The molecule has 1 aliphatic heterocycles. The van der Waals surface area contributed by atoms with Crippen molar-refractivity contribution in [2.45, 2.75) is 25.8 Å². The van der Waals surface area contributed by atoms with E-state index < -0.39 is 11.4 Å². The van der Waals surface area contributed by atoms with Gasteiger partial charge in [0.15, 0.2) is 11.7 Å². The van der Waals surface area contributed by atoms with E-state index in [9.17, 15) is 14.7 Å². The van der Waals surface area contributed by atoms with Gasteiger partial charge in [-0.2, -0.15) is 0 Å². The largest absolute Gasteiger partial charge is 0.508 e. The molecule has 9 nitrogen and oxygen atoms in total. The molecule has 1 unspecified atom stereocenters. The van der Waals surface area contributed by atoms with E-state index in [0.717, 1.165) is 0 Å². The molecule has 0 saturated carbocycles. The van der Waals surface area contributed by atoms with Crippen molar-refractivity contribution in [2.24, 2.45) is 10.7 Å². The van der Waals surface area contributed by atoms with Gasteiger partial charge >= 0.3 is 0 Å².